The summed E-state index contributed by atoms with van der Waals surface area (Å²) >= 11 is 6.36. The molecule has 3 aromatic carbocycles. The third-order valence-electron chi connectivity index (χ3n) is 8.25. The van der Waals surface area contributed by atoms with Crippen LogP contribution in [0.2, 0.25) is 5.02 Å². The van der Waals surface area contributed by atoms with Crippen molar-refractivity contribution in [1.82, 2.24) is 24.2 Å². The second-order valence-electron chi connectivity index (χ2n) is 11.2. The van der Waals surface area contributed by atoms with Gasteiger partial charge in [-0.25, -0.2) is 4.68 Å². The maximum Gasteiger partial charge on any atom is 0.253 e. The molecule has 4 heterocycles. The lowest BCUT2D eigenvalue weighted by atomic mass is 10.1. The molecule has 1 saturated heterocycles. The molecular formula is C35H32ClN5O3. The van der Waals surface area contributed by atoms with Crippen molar-refractivity contribution >= 4 is 39.3 Å². The fourth-order valence-electron chi connectivity index (χ4n) is 6.00. The monoisotopic (exact) mass is 605 g/mol. The average Bonchev–Trinajstić information content (AvgIpc) is 3.60. The summed E-state index contributed by atoms with van der Waals surface area (Å²) in [6.07, 6.45) is 6.64. The summed E-state index contributed by atoms with van der Waals surface area (Å²) in [5.74, 6) is -0.165. The second kappa shape index (κ2) is 12.1. The Hall–Kier alpha value is -4.66. The molecule has 1 unspecified atom stereocenters. The first-order chi connectivity index (χ1) is 21.5. The largest absolute Gasteiger partial charge is 0.356 e. The van der Waals surface area contributed by atoms with Gasteiger partial charge in [-0.05, 0) is 60.7 Å². The average molecular weight is 606 g/mol. The highest BCUT2D eigenvalue weighted by atomic mass is 35.5. The van der Waals surface area contributed by atoms with Crippen LogP contribution in [0.5, 0.6) is 0 Å². The molecule has 1 amide bonds. The van der Waals surface area contributed by atoms with E-state index in [1.807, 2.05) is 71.5 Å². The lowest BCUT2D eigenvalue weighted by molar-refractivity contribution is -0.0369. The molecule has 0 saturated carbocycles. The molecule has 6 aromatic rings. The molecule has 0 aliphatic carbocycles. The van der Waals surface area contributed by atoms with Gasteiger partial charge in [-0.1, -0.05) is 60.1 Å². The number of ether oxygens (including phenoxy) is 1. The number of benzene rings is 3. The van der Waals surface area contributed by atoms with Crippen LogP contribution >= 0.6 is 11.6 Å². The lowest BCUT2D eigenvalue weighted by Crippen LogP contribution is -2.23. The molecule has 44 heavy (non-hydrogen) atoms. The minimum Gasteiger partial charge on any atom is -0.356 e. The van der Waals surface area contributed by atoms with Crippen molar-refractivity contribution in [3.8, 4) is 0 Å². The molecule has 1 atom stereocenters. The highest BCUT2D eigenvalue weighted by molar-refractivity contribution is 6.31. The number of amides is 1. The maximum absolute atomic E-state index is 13.6. The number of hydrogen-bond acceptors (Lipinski definition) is 4. The van der Waals surface area contributed by atoms with Gasteiger partial charge in [0.2, 0.25) is 0 Å². The van der Waals surface area contributed by atoms with Crippen LogP contribution in [0.4, 0.5) is 0 Å². The molecule has 1 aliphatic heterocycles. The number of pyridine rings is 1. The van der Waals surface area contributed by atoms with E-state index in [1.165, 1.54) is 0 Å². The molecule has 3 aromatic heterocycles. The summed E-state index contributed by atoms with van der Waals surface area (Å²) in [6.45, 7) is 2.11. The van der Waals surface area contributed by atoms with E-state index >= 15 is 0 Å². The van der Waals surface area contributed by atoms with Gasteiger partial charge in [-0.15, -0.1) is 0 Å². The summed E-state index contributed by atoms with van der Waals surface area (Å²) in [6, 6.07) is 27.1. The number of nitrogens with zero attached hydrogens (tertiary/aromatic N) is 4. The van der Waals surface area contributed by atoms with Crippen molar-refractivity contribution in [2.75, 3.05) is 6.61 Å². The molecular weight excluding hydrogens is 574 g/mol. The highest BCUT2D eigenvalue weighted by Gasteiger charge is 2.22. The van der Waals surface area contributed by atoms with E-state index in [2.05, 4.69) is 22.0 Å². The van der Waals surface area contributed by atoms with Crippen molar-refractivity contribution in [2.45, 2.75) is 45.1 Å². The zero-order valence-corrected chi connectivity index (χ0v) is 24.9. The fraction of sp³-hybridized carbons (Fsp3) is 0.229. The molecule has 8 nitrogen and oxygen atoms in total. The van der Waals surface area contributed by atoms with Crippen LogP contribution in [0.25, 0.3) is 21.8 Å². The fourth-order valence-corrected chi connectivity index (χ4v) is 6.17. The van der Waals surface area contributed by atoms with Gasteiger partial charge in [0, 0.05) is 52.9 Å². The van der Waals surface area contributed by atoms with Crippen molar-refractivity contribution in [1.29, 1.82) is 0 Å². The number of nitrogens with one attached hydrogen (secondary N) is 1. The summed E-state index contributed by atoms with van der Waals surface area (Å²) in [5, 5.41) is 10.4. The number of carbonyl (C=O) groups is 1. The summed E-state index contributed by atoms with van der Waals surface area (Å²) < 4.78 is 11.7. The summed E-state index contributed by atoms with van der Waals surface area (Å²) in [5.41, 5.74) is 5.42. The summed E-state index contributed by atoms with van der Waals surface area (Å²) in [7, 11) is 0. The molecule has 7 rings (SSSR count). The molecule has 0 spiro atoms. The molecule has 0 radical (unpaired) electrons. The molecule has 0 bridgehead atoms. The van der Waals surface area contributed by atoms with Crippen LogP contribution in [0, 0.1) is 0 Å². The Morgan fingerprint density at radius 2 is 1.66 bits per heavy atom. The Morgan fingerprint density at radius 3 is 2.43 bits per heavy atom. The van der Waals surface area contributed by atoms with Crippen LogP contribution in [0.15, 0.2) is 102 Å². The van der Waals surface area contributed by atoms with E-state index in [0.717, 1.165) is 64.5 Å². The van der Waals surface area contributed by atoms with Crippen molar-refractivity contribution in [2.24, 2.45) is 0 Å². The molecule has 222 valence electrons. The molecule has 1 fully saturated rings. The van der Waals surface area contributed by atoms with Crippen molar-refractivity contribution < 1.29 is 9.53 Å². The molecule has 1 aliphatic rings. The van der Waals surface area contributed by atoms with Gasteiger partial charge in [0.15, 0.2) is 6.23 Å². The van der Waals surface area contributed by atoms with Crippen LogP contribution in [0.3, 0.4) is 0 Å². The van der Waals surface area contributed by atoms with Gasteiger partial charge in [-0.3, -0.25) is 9.59 Å². The first kappa shape index (κ1) is 28.1. The van der Waals surface area contributed by atoms with Crippen molar-refractivity contribution in [3.05, 3.63) is 135 Å². The number of hydrogen-bond donors (Lipinski definition) is 1. The first-order valence-corrected chi connectivity index (χ1v) is 15.3. The Labute approximate surface area is 259 Å². The second-order valence-corrected chi connectivity index (χ2v) is 11.7. The highest BCUT2D eigenvalue weighted by Crippen LogP contribution is 2.30. The minimum absolute atomic E-state index is 0.0234. The SMILES string of the molecule is O=C(NCc1nn(C2CCCCO2)c2ccc(Cl)cc12)c1cn(Cc2ccc(Cn3ccccc3=O)cc2)c2ccccc12. The predicted molar refractivity (Wildman–Crippen MR) is 172 cm³/mol. The van der Waals surface area contributed by atoms with Gasteiger partial charge in [-0.2, -0.15) is 5.10 Å². The molecule has 1 N–H and O–H groups in total. The zero-order chi connectivity index (χ0) is 30.0. The Kier molecular flexibility index (Phi) is 7.77. The van der Waals surface area contributed by atoms with E-state index in [9.17, 15) is 9.59 Å². The Balaban J connectivity index is 1.11. The summed E-state index contributed by atoms with van der Waals surface area (Å²) in [4.78, 5) is 25.7. The predicted octanol–water partition coefficient (Wildman–Crippen LogP) is 6.53. The normalized spacial score (nSPS) is 15.2. The van der Waals surface area contributed by atoms with Gasteiger partial charge in [0.25, 0.3) is 11.5 Å². The smallest absolute Gasteiger partial charge is 0.253 e. The lowest BCUT2D eigenvalue weighted by Gasteiger charge is -2.23. The van der Waals surface area contributed by atoms with Gasteiger partial charge >= 0.3 is 0 Å². The van der Waals surface area contributed by atoms with Crippen LogP contribution in [-0.4, -0.2) is 31.4 Å². The Morgan fingerprint density at radius 1 is 0.886 bits per heavy atom. The number of rotatable bonds is 8. The molecule has 9 heteroatoms. The van der Waals surface area contributed by atoms with Crippen LogP contribution < -0.4 is 10.9 Å². The van der Waals surface area contributed by atoms with Gasteiger partial charge in [0.1, 0.15) is 0 Å². The van der Waals surface area contributed by atoms with E-state index in [1.54, 1.807) is 22.9 Å². The zero-order valence-electron chi connectivity index (χ0n) is 24.2. The van der Waals surface area contributed by atoms with E-state index < -0.39 is 0 Å². The third kappa shape index (κ3) is 5.66. The quantitative estimate of drug-likeness (QED) is 0.214. The number of para-hydroxylation sites is 1. The topological polar surface area (TPSA) is 83.1 Å². The Bertz CT molecular complexity index is 2020. The van der Waals surface area contributed by atoms with Crippen LogP contribution in [-0.2, 0) is 24.4 Å². The van der Waals surface area contributed by atoms with E-state index in [-0.39, 0.29) is 24.2 Å². The van der Waals surface area contributed by atoms with Crippen LogP contribution in [0.1, 0.15) is 52.7 Å². The first-order valence-electron chi connectivity index (χ1n) is 14.9. The number of halogens is 1. The number of fused-ring (bicyclic) bond motifs is 2. The van der Waals surface area contributed by atoms with E-state index in [0.29, 0.717) is 23.7 Å². The maximum atomic E-state index is 13.6. The van der Waals surface area contributed by atoms with Crippen molar-refractivity contribution in [3.63, 3.8) is 0 Å². The van der Waals surface area contributed by atoms with Gasteiger partial charge < -0.3 is 19.2 Å². The minimum atomic E-state index is -0.165. The van der Waals surface area contributed by atoms with E-state index in [4.69, 9.17) is 21.4 Å². The third-order valence-corrected chi connectivity index (χ3v) is 8.49. The van der Waals surface area contributed by atoms with Gasteiger partial charge in [0.05, 0.1) is 29.9 Å². The standard InChI is InChI=1S/C35H32ClN5O3/c36-26-15-16-32-28(19-26)30(38-41(32)34-10-4-6-18-44-34)20-37-35(43)29-23-40(31-8-2-1-7-27(29)31)22-25-13-11-24(12-14-25)21-39-17-5-3-9-33(39)42/h1-3,5,7-9,11-17,19,23,34H,4,6,10,18,20-22H2,(H,37,43). The number of aromatic nitrogens is 4. The number of carbonyl (C=O) groups excluding carboxylic acids is 1.